The van der Waals surface area contributed by atoms with Crippen molar-refractivity contribution in [1.29, 1.82) is 0 Å². The van der Waals surface area contributed by atoms with Gasteiger partial charge in [-0.25, -0.2) is 24.9 Å². The third kappa shape index (κ3) is 15.1. The van der Waals surface area contributed by atoms with Crippen molar-refractivity contribution >= 4 is 65.1 Å². The molecule has 0 unspecified atom stereocenters. The summed E-state index contributed by atoms with van der Waals surface area (Å²) in [5, 5.41) is 19.7. The van der Waals surface area contributed by atoms with E-state index in [0.717, 1.165) is 105 Å². The maximum Gasteiger partial charge on any atom is 0.259 e. The maximum atomic E-state index is 13.6. The average molecular weight is 1530 g/mol. The van der Waals surface area contributed by atoms with Gasteiger partial charge in [0.05, 0.1) is 41.7 Å². The van der Waals surface area contributed by atoms with E-state index in [0.29, 0.717) is 41.8 Å². The molecule has 4 aliphatic rings. The molecule has 0 saturated heterocycles. The summed E-state index contributed by atoms with van der Waals surface area (Å²) in [6.07, 6.45) is 26.8. The van der Waals surface area contributed by atoms with E-state index in [9.17, 15) is 14.4 Å². The first-order valence-corrected chi connectivity index (χ1v) is 31.9. The fourth-order valence-corrected chi connectivity index (χ4v) is 11.6. The molecule has 0 radical (unpaired) electrons. The zero-order chi connectivity index (χ0) is 62.7. The third-order valence-corrected chi connectivity index (χ3v) is 17.7. The number of nitrogens with zero attached hydrogens (tertiary/aromatic N) is 14. The van der Waals surface area contributed by atoms with Crippen LogP contribution in [0.5, 0.6) is 0 Å². The predicted molar refractivity (Wildman–Crippen MR) is 363 cm³/mol. The Balaban J connectivity index is 0.000000136. The minimum Gasteiger partial charge on any atom is -0.358 e. The number of carbonyl (C=O) groups is 1. The van der Waals surface area contributed by atoms with Gasteiger partial charge in [-0.1, -0.05) is 40.2 Å². The van der Waals surface area contributed by atoms with Crippen molar-refractivity contribution in [1.82, 2.24) is 78.5 Å². The fourth-order valence-electron chi connectivity index (χ4n) is 10.9. The summed E-state index contributed by atoms with van der Waals surface area (Å²) in [4.78, 5) is 69.3. The molecular formula is C69H72Br2N17O3W-. The first-order chi connectivity index (χ1) is 43.5. The van der Waals surface area contributed by atoms with Crippen LogP contribution in [0.25, 0.3) is 56.0 Å². The molecule has 12 aromatic rings. The maximum absolute atomic E-state index is 13.6. The molecule has 3 fully saturated rings. The Bertz CT molecular complexity index is 4670. The van der Waals surface area contributed by atoms with E-state index < -0.39 is 0 Å². The molecule has 20 nitrogen and oxygen atoms in total. The van der Waals surface area contributed by atoms with Gasteiger partial charge >= 0.3 is 0 Å². The first kappa shape index (κ1) is 66.3. The van der Waals surface area contributed by atoms with E-state index >= 15 is 0 Å². The fraction of sp³-hybridized carbons (Fsp3) is 0.290. The van der Waals surface area contributed by atoms with Gasteiger partial charge in [-0.05, 0) is 203 Å². The summed E-state index contributed by atoms with van der Waals surface area (Å²) in [7, 11) is 0. The molecule has 0 bridgehead atoms. The van der Waals surface area contributed by atoms with Gasteiger partial charge in [0.1, 0.15) is 34.5 Å². The van der Waals surface area contributed by atoms with Crippen molar-refractivity contribution in [3.8, 4) is 34.4 Å². The molecule has 1 aliphatic heterocycles. The van der Waals surface area contributed by atoms with Crippen molar-refractivity contribution in [2.45, 2.75) is 123 Å². The molecule has 0 spiro atoms. The SMILES string of the molecule is CC(C)n1cnnc1-c1cccc(Br)n1.Cc1cc2c(cc1-n1cnc(C3CC3)c1)C(=O)N(c1cccc(-c3nncn3C(C)C)n1)CC2.Cc1cc2cc[nH]c(=O)c2cc1-n1cnc(C2CC2)c1.Cc1cc2cc[nH]c(=O)c2cc1Br.[CH3-].[W].c1ncc(C2CC2)[nH]1. The third-order valence-electron chi connectivity index (χ3n) is 16.4. The molecule has 472 valence electrons. The van der Waals surface area contributed by atoms with Gasteiger partial charge in [0.15, 0.2) is 11.6 Å². The first-order valence-electron chi connectivity index (χ1n) is 30.4. The summed E-state index contributed by atoms with van der Waals surface area (Å²) in [5.41, 5.74) is 12.3. The van der Waals surface area contributed by atoms with Gasteiger partial charge in [0.25, 0.3) is 17.0 Å². The second kappa shape index (κ2) is 28.9. The topological polar surface area (TPSA) is 238 Å². The van der Waals surface area contributed by atoms with Crippen LogP contribution in [0, 0.1) is 28.2 Å². The van der Waals surface area contributed by atoms with Crippen LogP contribution in [0.3, 0.4) is 0 Å². The van der Waals surface area contributed by atoms with Crippen LogP contribution < -0.4 is 16.0 Å². The van der Waals surface area contributed by atoms with Crippen molar-refractivity contribution in [3.05, 3.63) is 230 Å². The van der Waals surface area contributed by atoms with Crippen molar-refractivity contribution in [2.24, 2.45) is 0 Å². The number of carbonyl (C=O) groups excluding carboxylic acids is 1. The van der Waals surface area contributed by atoms with E-state index in [-0.39, 0.29) is 51.6 Å². The van der Waals surface area contributed by atoms with Crippen LogP contribution >= 0.6 is 31.9 Å². The number of pyridine rings is 4. The molecule has 10 heterocycles. The monoisotopic (exact) mass is 1530 g/mol. The molecule has 1 amide bonds. The Morgan fingerprint density at radius 1 is 0.587 bits per heavy atom. The molecule has 23 heteroatoms. The van der Waals surface area contributed by atoms with E-state index in [1.165, 1.54) is 44.2 Å². The summed E-state index contributed by atoms with van der Waals surface area (Å²) < 4.78 is 9.82. The van der Waals surface area contributed by atoms with Gasteiger partial charge in [-0.3, -0.25) is 19.3 Å². The van der Waals surface area contributed by atoms with E-state index in [1.54, 1.807) is 36.3 Å². The number of amides is 1. The Kier molecular flexibility index (Phi) is 20.9. The largest absolute Gasteiger partial charge is 0.358 e. The zero-order valence-electron chi connectivity index (χ0n) is 52.5. The smallest absolute Gasteiger partial charge is 0.259 e. The van der Waals surface area contributed by atoms with Gasteiger partial charge in [0, 0.05) is 115 Å². The normalized spacial score (nSPS) is 14.0. The molecular weight excluding hydrogens is 1460 g/mol. The van der Waals surface area contributed by atoms with Gasteiger partial charge in [-0.2, -0.15) is 0 Å². The number of aryl methyl sites for hydroxylation is 3. The molecule has 3 saturated carbocycles. The molecule has 92 heavy (non-hydrogen) atoms. The average Bonchev–Trinajstić information content (AvgIpc) is 1.39. The number of fused-ring (bicyclic) bond motifs is 3. The second-order valence-corrected chi connectivity index (χ2v) is 25.5. The number of H-pyrrole nitrogens is 3. The number of hydrogen-bond acceptors (Lipinski definition) is 12. The summed E-state index contributed by atoms with van der Waals surface area (Å²) in [6, 6.07) is 27.8. The minimum absolute atomic E-state index is 0. The van der Waals surface area contributed by atoms with E-state index in [4.69, 9.17) is 4.98 Å². The minimum atomic E-state index is -0.0497. The van der Waals surface area contributed by atoms with Crippen LogP contribution in [-0.2, 0) is 27.5 Å². The number of rotatable bonds is 10. The van der Waals surface area contributed by atoms with Crippen molar-refractivity contribution < 1.29 is 25.9 Å². The molecule has 3 aromatic carbocycles. The Morgan fingerprint density at radius 3 is 1.66 bits per heavy atom. The van der Waals surface area contributed by atoms with Gasteiger partial charge in [-0.15, -0.1) is 20.4 Å². The van der Waals surface area contributed by atoms with E-state index in [2.05, 4.69) is 153 Å². The Morgan fingerprint density at radius 2 is 1.12 bits per heavy atom. The summed E-state index contributed by atoms with van der Waals surface area (Å²) in [5.74, 6) is 4.15. The van der Waals surface area contributed by atoms with Crippen molar-refractivity contribution in [2.75, 3.05) is 11.4 Å². The van der Waals surface area contributed by atoms with Gasteiger partial charge in [0.2, 0.25) is 0 Å². The standard InChI is InChI=1S/C26H27N7O.C16H15N3O.C10H11BrN4.C10H8BrNO.C6H8N2.CH3.W/c1-16(2)33-15-28-30-25(33)21-5-4-6-24(29-21)32-10-9-19-11-17(3)23(12-20(19)26(32)34)31-13-22(27-14-31)18-7-8-18;1-10-6-12-4-5-17-16(20)13(12)7-15(10)19-8-14(18-9-19)11-2-3-11;1-7(2)15-6-12-14-10(15)8-4-3-5-9(11)13-8;1-6-4-7-2-3-12-10(13)8(7)5-9(6)11;1-2-5(1)6-3-7-4-8-6;;/h4-6,11-16,18H,7-10H2,1-3H3;4-9,11H,2-3H2,1H3,(H,17,20);3-7H,1-2H3;2-5H,1H3,(H,12,13);3-5H,1-2H2,(H,7,8);1H3;/q;;;;;-1;. The molecule has 0 atom stereocenters. The number of aromatic nitrogens is 16. The molecule has 3 aliphatic carbocycles. The zero-order valence-corrected chi connectivity index (χ0v) is 58.7. The van der Waals surface area contributed by atoms with Crippen molar-refractivity contribution in [3.63, 3.8) is 0 Å². The summed E-state index contributed by atoms with van der Waals surface area (Å²) >= 11 is 6.74. The number of nitrogens with one attached hydrogen (secondary N) is 3. The summed E-state index contributed by atoms with van der Waals surface area (Å²) in [6.45, 7) is 15.1. The number of hydrogen-bond donors (Lipinski definition) is 3. The van der Waals surface area contributed by atoms with E-state index in [1.807, 2.05) is 117 Å². The number of anilines is 1. The van der Waals surface area contributed by atoms with Crippen LogP contribution in [0.15, 0.2) is 166 Å². The van der Waals surface area contributed by atoms with Gasteiger partial charge < -0.3 is 40.6 Å². The molecule has 16 rings (SSSR count). The Labute approximate surface area is 564 Å². The van der Waals surface area contributed by atoms with Crippen LogP contribution in [0.4, 0.5) is 5.82 Å². The number of imidazole rings is 3. The molecule has 9 aromatic heterocycles. The molecule has 3 N–H and O–H groups in total. The number of halogens is 2. The Hall–Kier alpha value is -8.59. The van der Waals surface area contributed by atoms with Crippen LogP contribution in [0.1, 0.15) is 146 Å². The quantitative estimate of drug-likeness (QED) is 0.0856. The number of aromatic amines is 3. The number of benzene rings is 3. The predicted octanol–water partition coefficient (Wildman–Crippen LogP) is 14.4. The van der Waals surface area contributed by atoms with Crippen LogP contribution in [0.2, 0.25) is 0 Å². The van der Waals surface area contributed by atoms with Crippen LogP contribution in [-0.4, -0.2) is 91.0 Å². The second-order valence-electron chi connectivity index (χ2n) is 23.8.